The van der Waals surface area contributed by atoms with Crippen molar-refractivity contribution in [3.05, 3.63) is 89.4 Å². The van der Waals surface area contributed by atoms with Gasteiger partial charge in [-0.2, -0.15) is 0 Å². The molecule has 3 nitrogen and oxygen atoms in total. The fourth-order valence-corrected chi connectivity index (χ4v) is 3.04. The van der Waals surface area contributed by atoms with E-state index < -0.39 is 0 Å². The Morgan fingerprint density at radius 3 is 2.30 bits per heavy atom. The number of carbonyl (C=O) groups is 1. The maximum atomic E-state index is 12.8. The van der Waals surface area contributed by atoms with Crippen LogP contribution in [0.25, 0.3) is 11.1 Å². The first-order valence-electron chi connectivity index (χ1n) is 8.94. The second-order valence-corrected chi connectivity index (χ2v) is 7.05. The highest BCUT2D eigenvalue weighted by molar-refractivity contribution is 6.30. The zero-order chi connectivity index (χ0) is 19.2. The van der Waals surface area contributed by atoms with Crippen molar-refractivity contribution in [2.75, 3.05) is 12.4 Å². The highest BCUT2D eigenvalue weighted by Gasteiger charge is 2.19. The van der Waals surface area contributed by atoms with E-state index in [1.54, 1.807) is 0 Å². The fourth-order valence-electron chi connectivity index (χ4n) is 2.91. The lowest BCUT2D eigenvalue weighted by atomic mass is 10.0. The fraction of sp³-hybridized carbons (Fsp3) is 0.174. The molecule has 1 N–H and O–H groups in total. The maximum absolute atomic E-state index is 12.8. The van der Waals surface area contributed by atoms with Gasteiger partial charge in [-0.15, -0.1) is 0 Å². The number of para-hydroxylation sites is 1. The normalized spacial score (nSPS) is 12.0. The molecule has 3 rings (SSSR count). The molecule has 0 saturated carbocycles. The summed E-state index contributed by atoms with van der Waals surface area (Å²) in [7, 11) is 1.95. The van der Waals surface area contributed by atoms with Crippen molar-refractivity contribution < 1.29 is 4.79 Å². The number of nitrogens with zero attached hydrogens (tertiary/aromatic N) is 1. The van der Waals surface area contributed by atoms with Gasteiger partial charge in [-0.05, 0) is 43.3 Å². The molecule has 0 aliphatic heterocycles. The van der Waals surface area contributed by atoms with E-state index in [2.05, 4.69) is 5.32 Å². The van der Waals surface area contributed by atoms with E-state index in [-0.39, 0.29) is 11.9 Å². The number of carbonyl (C=O) groups excluding carboxylic acids is 1. The first kappa shape index (κ1) is 19.2. The minimum Gasteiger partial charge on any atom is -0.324 e. The molecule has 0 aliphatic carbocycles. The molecule has 0 spiro atoms. The van der Waals surface area contributed by atoms with E-state index in [0.29, 0.717) is 11.6 Å². The number of rotatable bonds is 6. The summed E-state index contributed by atoms with van der Waals surface area (Å²) >= 11 is 5.94. The first-order chi connectivity index (χ1) is 13.0. The summed E-state index contributed by atoms with van der Waals surface area (Å²) < 4.78 is 0. The molecule has 0 heterocycles. The average Bonchev–Trinajstić information content (AvgIpc) is 2.70. The van der Waals surface area contributed by atoms with Crippen molar-refractivity contribution in [1.29, 1.82) is 0 Å². The number of amides is 1. The number of likely N-dealkylation sites (N-methyl/N-ethyl adjacent to an activating group) is 1. The van der Waals surface area contributed by atoms with Crippen LogP contribution in [0.1, 0.15) is 12.5 Å². The van der Waals surface area contributed by atoms with Gasteiger partial charge < -0.3 is 5.32 Å². The summed E-state index contributed by atoms with van der Waals surface area (Å²) in [5, 5.41) is 3.80. The van der Waals surface area contributed by atoms with E-state index >= 15 is 0 Å². The Balaban J connectivity index is 1.70. The van der Waals surface area contributed by atoms with Gasteiger partial charge in [0, 0.05) is 22.8 Å². The van der Waals surface area contributed by atoms with Crippen molar-refractivity contribution in [2.45, 2.75) is 19.5 Å². The van der Waals surface area contributed by atoms with Crippen LogP contribution in [-0.4, -0.2) is 23.9 Å². The van der Waals surface area contributed by atoms with E-state index in [4.69, 9.17) is 11.6 Å². The third-order valence-corrected chi connectivity index (χ3v) is 4.91. The third kappa shape index (κ3) is 4.97. The van der Waals surface area contributed by atoms with Crippen LogP contribution in [0.5, 0.6) is 0 Å². The van der Waals surface area contributed by atoms with Gasteiger partial charge in [0.15, 0.2) is 0 Å². The second kappa shape index (κ2) is 8.85. The molecule has 0 bridgehead atoms. The van der Waals surface area contributed by atoms with Crippen molar-refractivity contribution in [2.24, 2.45) is 0 Å². The Morgan fingerprint density at radius 2 is 1.59 bits per heavy atom. The molecule has 0 fully saturated rings. The van der Waals surface area contributed by atoms with Gasteiger partial charge in [0.05, 0.1) is 6.04 Å². The van der Waals surface area contributed by atoms with Crippen LogP contribution in [0.15, 0.2) is 78.9 Å². The van der Waals surface area contributed by atoms with Crippen LogP contribution in [-0.2, 0) is 11.3 Å². The van der Waals surface area contributed by atoms with Gasteiger partial charge in [0.25, 0.3) is 0 Å². The van der Waals surface area contributed by atoms with Crippen LogP contribution in [0, 0.1) is 0 Å². The minimum atomic E-state index is -0.274. The molecule has 138 valence electrons. The van der Waals surface area contributed by atoms with Crippen molar-refractivity contribution >= 4 is 23.2 Å². The molecule has 4 heteroatoms. The van der Waals surface area contributed by atoms with Crippen molar-refractivity contribution in [1.82, 2.24) is 4.90 Å². The summed E-state index contributed by atoms with van der Waals surface area (Å²) in [6.45, 7) is 2.59. The lowest BCUT2D eigenvalue weighted by Crippen LogP contribution is -2.39. The molecule has 1 unspecified atom stereocenters. The largest absolute Gasteiger partial charge is 0.324 e. The molecular formula is C23H23ClN2O. The quantitative estimate of drug-likeness (QED) is 0.617. The SMILES string of the molecule is CC(C(=O)Nc1ccccc1-c1ccccc1)N(C)Cc1ccc(Cl)cc1. The smallest absolute Gasteiger partial charge is 0.241 e. The Labute approximate surface area is 165 Å². The first-order valence-corrected chi connectivity index (χ1v) is 9.32. The Hall–Kier alpha value is -2.62. The van der Waals surface area contributed by atoms with E-state index in [0.717, 1.165) is 22.4 Å². The van der Waals surface area contributed by atoms with Crippen LogP contribution >= 0.6 is 11.6 Å². The summed E-state index contributed by atoms with van der Waals surface area (Å²) in [4.78, 5) is 14.8. The zero-order valence-corrected chi connectivity index (χ0v) is 16.3. The van der Waals surface area contributed by atoms with Crippen LogP contribution in [0.2, 0.25) is 5.02 Å². The molecule has 3 aromatic carbocycles. The van der Waals surface area contributed by atoms with Gasteiger partial charge in [-0.3, -0.25) is 9.69 Å². The maximum Gasteiger partial charge on any atom is 0.241 e. The molecule has 27 heavy (non-hydrogen) atoms. The number of halogens is 1. The van der Waals surface area contributed by atoms with E-state index in [9.17, 15) is 4.79 Å². The van der Waals surface area contributed by atoms with Crippen molar-refractivity contribution in [3.63, 3.8) is 0 Å². The minimum absolute atomic E-state index is 0.0326. The average molecular weight is 379 g/mol. The van der Waals surface area contributed by atoms with Crippen LogP contribution in [0.4, 0.5) is 5.69 Å². The molecular weight excluding hydrogens is 356 g/mol. The van der Waals surface area contributed by atoms with Gasteiger partial charge >= 0.3 is 0 Å². The Kier molecular flexibility index (Phi) is 6.28. The topological polar surface area (TPSA) is 32.3 Å². The van der Waals surface area contributed by atoms with Crippen LogP contribution in [0.3, 0.4) is 0 Å². The summed E-state index contributed by atoms with van der Waals surface area (Å²) in [5.41, 5.74) is 4.03. The number of nitrogens with one attached hydrogen (secondary N) is 1. The lowest BCUT2D eigenvalue weighted by molar-refractivity contribution is -0.120. The molecule has 0 aliphatic rings. The number of hydrogen-bond donors (Lipinski definition) is 1. The van der Waals surface area contributed by atoms with E-state index in [1.165, 1.54) is 0 Å². The monoisotopic (exact) mass is 378 g/mol. The predicted octanol–water partition coefficient (Wildman–Crippen LogP) is 5.47. The van der Waals surface area contributed by atoms with Gasteiger partial charge in [-0.1, -0.05) is 72.3 Å². The van der Waals surface area contributed by atoms with Crippen molar-refractivity contribution in [3.8, 4) is 11.1 Å². The highest BCUT2D eigenvalue weighted by Crippen LogP contribution is 2.27. The lowest BCUT2D eigenvalue weighted by Gasteiger charge is -2.24. The number of hydrogen-bond acceptors (Lipinski definition) is 2. The molecule has 0 aromatic heterocycles. The standard InChI is InChI=1S/C23H23ClN2O/c1-17(26(2)16-18-12-14-20(24)15-13-18)23(27)25-22-11-7-6-10-21(22)19-8-4-3-5-9-19/h3-15,17H,16H2,1-2H3,(H,25,27). The number of anilines is 1. The Bertz CT molecular complexity index is 894. The summed E-state index contributed by atoms with van der Waals surface area (Å²) in [6.07, 6.45) is 0. The third-order valence-electron chi connectivity index (χ3n) is 4.66. The Morgan fingerprint density at radius 1 is 0.963 bits per heavy atom. The van der Waals surface area contributed by atoms with Gasteiger partial charge in [-0.25, -0.2) is 0 Å². The summed E-state index contributed by atoms with van der Waals surface area (Å²) in [6, 6.07) is 25.4. The molecule has 1 amide bonds. The number of benzene rings is 3. The predicted molar refractivity (Wildman–Crippen MR) is 113 cm³/mol. The molecule has 1 atom stereocenters. The van der Waals surface area contributed by atoms with Crippen LogP contribution < -0.4 is 5.32 Å². The zero-order valence-electron chi connectivity index (χ0n) is 15.5. The highest BCUT2D eigenvalue weighted by atomic mass is 35.5. The molecule has 0 saturated heterocycles. The van der Waals surface area contributed by atoms with Gasteiger partial charge in [0.1, 0.15) is 0 Å². The van der Waals surface area contributed by atoms with E-state index in [1.807, 2.05) is 97.7 Å². The molecule has 3 aromatic rings. The summed E-state index contributed by atoms with van der Waals surface area (Å²) in [5.74, 6) is -0.0326. The molecule has 0 radical (unpaired) electrons. The van der Waals surface area contributed by atoms with Gasteiger partial charge in [0.2, 0.25) is 5.91 Å². The second-order valence-electron chi connectivity index (χ2n) is 6.62.